The van der Waals surface area contributed by atoms with Crippen LogP contribution in [0.3, 0.4) is 0 Å². The topological polar surface area (TPSA) is 9.23 Å². The Morgan fingerprint density at radius 1 is 1.19 bits per heavy atom. The van der Waals surface area contributed by atoms with Gasteiger partial charge in [-0.25, -0.2) is 0 Å². The standard InChI is InChI=1S/C14H21BO/c1-14(2,3)13(9-10-15)16-11-12-7-5-4-6-8-12/h4-8,13H,9-11H2,1-3H3. The summed E-state index contributed by atoms with van der Waals surface area (Å²) in [6.45, 7) is 7.25. The Morgan fingerprint density at radius 3 is 2.31 bits per heavy atom. The van der Waals surface area contributed by atoms with Crippen molar-refractivity contribution in [2.45, 2.75) is 46.2 Å². The average Bonchev–Trinajstić information content (AvgIpc) is 2.24. The molecule has 0 saturated carbocycles. The molecule has 0 N–H and O–H groups in total. The van der Waals surface area contributed by atoms with Crippen molar-refractivity contribution in [2.75, 3.05) is 0 Å². The van der Waals surface area contributed by atoms with Crippen LogP contribution >= 0.6 is 0 Å². The number of hydrogen-bond acceptors (Lipinski definition) is 1. The second kappa shape index (κ2) is 6.10. The third kappa shape index (κ3) is 4.40. The van der Waals surface area contributed by atoms with Gasteiger partial charge in [-0.2, -0.15) is 0 Å². The summed E-state index contributed by atoms with van der Waals surface area (Å²) < 4.78 is 5.95. The summed E-state index contributed by atoms with van der Waals surface area (Å²) in [6, 6.07) is 10.3. The molecule has 2 heteroatoms. The highest BCUT2D eigenvalue weighted by molar-refractivity contribution is 6.08. The van der Waals surface area contributed by atoms with E-state index < -0.39 is 0 Å². The molecular weight excluding hydrogens is 195 g/mol. The molecule has 0 saturated heterocycles. The molecule has 1 nitrogen and oxygen atoms in total. The number of ether oxygens (including phenoxy) is 1. The highest BCUT2D eigenvalue weighted by atomic mass is 16.5. The molecule has 0 fully saturated rings. The Hall–Kier alpha value is -0.755. The van der Waals surface area contributed by atoms with Gasteiger partial charge in [0.15, 0.2) is 0 Å². The SMILES string of the molecule is [B]CCC(OCc1ccccc1)C(C)(C)C. The molecule has 0 heterocycles. The molecule has 16 heavy (non-hydrogen) atoms. The van der Waals surface area contributed by atoms with Crippen molar-refractivity contribution in [1.29, 1.82) is 0 Å². The minimum Gasteiger partial charge on any atom is -0.373 e. The third-order valence-electron chi connectivity index (χ3n) is 2.69. The Labute approximate surface area is 101 Å². The first-order valence-corrected chi connectivity index (χ1v) is 5.89. The molecule has 0 aromatic heterocycles. The minimum absolute atomic E-state index is 0.147. The van der Waals surface area contributed by atoms with Gasteiger partial charge in [0.25, 0.3) is 0 Å². The monoisotopic (exact) mass is 216 g/mol. The van der Waals surface area contributed by atoms with E-state index in [4.69, 9.17) is 12.6 Å². The molecule has 0 aliphatic rings. The maximum absolute atomic E-state index is 5.95. The number of hydrogen-bond donors (Lipinski definition) is 0. The van der Waals surface area contributed by atoms with E-state index in [0.29, 0.717) is 12.9 Å². The third-order valence-corrected chi connectivity index (χ3v) is 2.69. The van der Waals surface area contributed by atoms with E-state index in [2.05, 4.69) is 32.9 Å². The van der Waals surface area contributed by atoms with Crippen LogP contribution in [0.1, 0.15) is 32.8 Å². The first-order chi connectivity index (χ1) is 7.54. The lowest BCUT2D eigenvalue weighted by atomic mass is 9.83. The maximum atomic E-state index is 5.95. The van der Waals surface area contributed by atoms with Crippen LogP contribution in [-0.4, -0.2) is 14.0 Å². The summed E-state index contributed by atoms with van der Waals surface area (Å²) in [5.74, 6) is 0. The molecule has 0 aliphatic carbocycles. The van der Waals surface area contributed by atoms with Crippen LogP contribution in [0.5, 0.6) is 0 Å². The lowest BCUT2D eigenvalue weighted by molar-refractivity contribution is -0.0298. The van der Waals surface area contributed by atoms with Gasteiger partial charge in [0.05, 0.1) is 20.6 Å². The van der Waals surface area contributed by atoms with Gasteiger partial charge >= 0.3 is 0 Å². The van der Waals surface area contributed by atoms with Crippen molar-refractivity contribution in [3.63, 3.8) is 0 Å². The summed E-state index contributed by atoms with van der Waals surface area (Å²) in [5, 5.41) is 0. The smallest absolute Gasteiger partial charge is 0.0720 e. The first-order valence-electron chi connectivity index (χ1n) is 5.89. The van der Waals surface area contributed by atoms with Crippen LogP contribution in [0, 0.1) is 5.41 Å². The summed E-state index contributed by atoms with van der Waals surface area (Å²) >= 11 is 0. The van der Waals surface area contributed by atoms with E-state index in [1.54, 1.807) is 0 Å². The lowest BCUT2D eigenvalue weighted by Gasteiger charge is -2.30. The van der Waals surface area contributed by atoms with Gasteiger partial charge in [0, 0.05) is 0 Å². The second-order valence-electron chi connectivity index (χ2n) is 5.23. The minimum atomic E-state index is 0.147. The van der Waals surface area contributed by atoms with Crippen LogP contribution < -0.4 is 0 Å². The zero-order valence-electron chi connectivity index (χ0n) is 10.6. The van der Waals surface area contributed by atoms with Crippen molar-refractivity contribution in [3.05, 3.63) is 35.9 Å². The van der Waals surface area contributed by atoms with Crippen LogP contribution in [-0.2, 0) is 11.3 Å². The molecule has 1 atom stereocenters. The molecule has 0 aliphatic heterocycles. The van der Waals surface area contributed by atoms with Gasteiger partial charge in [-0.1, -0.05) is 57.4 Å². The van der Waals surface area contributed by atoms with E-state index in [1.165, 1.54) is 5.56 Å². The fourth-order valence-electron chi connectivity index (χ4n) is 1.69. The predicted molar refractivity (Wildman–Crippen MR) is 69.7 cm³/mol. The largest absolute Gasteiger partial charge is 0.373 e. The van der Waals surface area contributed by atoms with Crippen molar-refractivity contribution in [1.82, 2.24) is 0 Å². The highest BCUT2D eigenvalue weighted by Gasteiger charge is 2.24. The van der Waals surface area contributed by atoms with E-state index in [0.717, 1.165) is 6.42 Å². The zero-order valence-corrected chi connectivity index (χ0v) is 10.6. The number of benzene rings is 1. The van der Waals surface area contributed by atoms with Crippen LogP contribution in [0.4, 0.5) is 0 Å². The van der Waals surface area contributed by atoms with Gasteiger partial charge in [0.2, 0.25) is 0 Å². The molecule has 0 bridgehead atoms. The Bertz CT molecular complexity index is 289. The van der Waals surface area contributed by atoms with Crippen LogP contribution in [0.2, 0.25) is 6.32 Å². The average molecular weight is 216 g/mol. The van der Waals surface area contributed by atoms with E-state index >= 15 is 0 Å². The fourth-order valence-corrected chi connectivity index (χ4v) is 1.69. The highest BCUT2D eigenvalue weighted by Crippen LogP contribution is 2.26. The van der Waals surface area contributed by atoms with E-state index in [1.807, 2.05) is 18.2 Å². The van der Waals surface area contributed by atoms with Gasteiger partial charge in [-0.3, -0.25) is 0 Å². The predicted octanol–water partition coefficient (Wildman–Crippen LogP) is 3.59. The Balaban J connectivity index is 2.51. The molecule has 1 rings (SSSR count). The van der Waals surface area contributed by atoms with Gasteiger partial charge in [-0.15, -0.1) is 0 Å². The normalized spacial score (nSPS) is 13.7. The Kier molecular flexibility index (Phi) is 5.07. The van der Waals surface area contributed by atoms with Crippen molar-refractivity contribution < 1.29 is 4.74 Å². The number of rotatable bonds is 5. The summed E-state index contributed by atoms with van der Waals surface area (Å²) in [5.41, 5.74) is 1.36. The lowest BCUT2D eigenvalue weighted by Crippen LogP contribution is -2.29. The van der Waals surface area contributed by atoms with E-state index in [-0.39, 0.29) is 11.5 Å². The molecule has 1 aromatic carbocycles. The Morgan fingerprint density at radius 2 is 1.81 bits per heavy atom. The van der Waals surface area contributed by atoms with Gasteiger partial charge in [-0.05, 0) is 17.4 Å². The molecule has 86 valence electrons. The second-order valence-corrected chi connectivity index (χ2v) is 5.23. The summed E-state index contributed by atoms with van der Waals surface area (Å²) in [6.07, 6.45) is 1.81. The quantitative estimate of drug-likeness (QED) is 0.683. The first kappa shape index (κ1) is 13.3. The zero-order chi connectivity index (χ0) is 12.0. The van der Waals surface area contributed by atoms with Crippen molar-refractivity contribution in [2.24, 2.45) is 5.41 Å². The van der Waals surface area contributed by atoms with Crippen LogP contribution in [0.15, 0.2) is 30.3 Å². The van der Waals surface area contributed by atoms with E-state index in [9.17, 15) is 0 Å². The summed E-state index contributed by atoms with van der Waals surface area (Å²) in [4.78, 5) is 0. The maximum Gasteiger partial charge on any atom is 0.0720 e. The molecule has 2 radical (unpaired) electrons. The molecule has 1 aromatic rings. The van der Waals surface area contributed by atoms with Gasteiger partial charge < -0.3 is 4.74 Å². The molecule has 1 unspecified atom stereocenters. The van der Waals surface area contributed by atoms with Crippen LogP contribution in [0.25, 0.3) is 0 Å². The summed E-state index contributed by atoms with van der Waals surface area (Å²) in [7, 11) is 5.62. The van der Waals surface area contributed by atoms with Crippen molar-refractivity contribution in [3.8, 4) is 0 Å². The van der Waals surface area contributed by atoms with Crippen molar-refractivity contribution >= 4 is 7.85 Å². The molecule has 0 amide bonds. The fraction of sp³-hybridized carbons (Fsp3) is 0.571. The molecule has 0 spiro atoms. The van der Waals surface area contributed by atoms with Gasteiger partial charge in [0.1, 0.15) is 0 Å². The molecular formula is C14H21BO.